The highest BCUT2D eigenvalue weighted by Crippen LogP contribution is 2.33. The monoisotopic (exact) mass is 379 g/mol. The molecule has 1 atom stereocenters. The number of pyridine rings is 1. The van der Waals surface area contributed by atoms with Crippen LogP contribution in [-0.4, -0.2) is 40.7 Å². The number of aromatic nitrogens is 2. The molecule has 6 nitrogen and oxygen atoms in total. The topological polar surface area (TPSA) is 64.4 Å². The third-order valence-corrected chi connectivity index (χ3v) is 7.29. The lowest BCUT2D eigenvalue weighted by Crippen LogP contribution is -2.36. The molecule has 0 amide bonds. The Kier molecular flexibility index (Phi) is 4.71. The Labute approximate surface area is 152 Å². The van der Waals surface area contributed by atoms with Crippen molar-refractivity contribution in [3.05, 3.63) is 48.2 Å². The zero-order valence-corrected chi connectivity index (χ0v) is 15.2. The first-order chi connectivity index (χ1) is 12.5. The van der Waals surface area contributed by atoms with Gasteiger partial charge in [-0.15, -0.1) is 0 Å². The number of halogens is 1. The smallest absolute Gasteiger partial charge is 0.250 e. The molecular formula is C18H22FN3O3S. The number of hydrogen-bond acceptors (Lipinski definition) is 4. The minimum Gasteiger partial charge on any atom is -0.476 e. The quantitative estimate of drug-likeness (QED) is 0.773. The Morgan fingerprint density at radius 2 is 2.08 bits per heavy atom. The van der Waals surface area contributed by atoms with Crippen molar-refractivity contribution >= 4 is 10.0 Å². The molecule has 0 spiro atoms. The van der Waals surface area contributed by atoms with Crippen molar-refractivity contribution in [2.45, 2.75) is 37.6 Å². The van der Waals surface area contributed by atoms with Crippen LogP contribution < -0.4 is 4.74 Å². The van der Waals surface area contributed by atoms with E-state index in [4.69, 9.17) is 4.74 Å². The highest BCUT2D eigenvalue weighted by Gasteiger charge is 2.41. The van der Waals surface area contributed by atoms with E-state index in [9.17, 15) is 12.8 Å². The largest absolute Gasteiger partial charge is 0.476 e. The molecule has 0 radical (unpaired) electrons. The van der Waals surface area contributed by atoms with Crippen LogP contribution in [0.1, 0.15) is 25.0 Å². The second kappa shape index (κ2) is 7.00. The van der Waals surface area contributed by atoms with Crippen LogP contribution in [0.4, 0.5) is 4.39 Å². The van der Waals surface area contributed by atoms with Gasteiger partial charge < -0.3 is 9.30 Å². The minimum atomic E-state index is -3.24. The maximum absolute atomic E-state index is 13.6. The molecule has 26 heavy (non-hydrogen) atoms. The van der Waals surface area contributed by atoms with Gasteiger partial charge in [-0.2, -0.15) is 4.31 Å². The second-order valence-electron chi connectivity index (χ2n) is 6.98. The van der Waals surface area contributed by atoms with Crippen LogP contribution in [0.2, 0.25) is 0 Å². The predicted octanol–water partition coefficient (Wildman–Crippen LogP) is 2.42. The fourth-order valence-corrected chi connectivity index (χ4v) is 5.28. The van der Waals surface area contributed by atoms with Crippen LogP contribution in [-0.2, 0) is 23.1 Å². The molecule has 0 N–H and O–H groups in total. The van der Waals surface area contributed by atoms with Gasteiger partial charge in [0.1, 0.15) is 0 Å². The first-order valence-corrected chi connectivity index (χ1v) is 10.4. The fourth-order valence-electron chi connectivity index (χ4n) is 3.39. The van der Waals surface area contributed by atoms with Gasteiger partial charge in [0.05, 0.1) is 18.4 Å². The van der Waals surface area contributed by atoms with Gasteiger partial charge in [0.2, 0.25) is 15.9 Å². The molecule has 0 bridgehead atoms. The number of nitrogens with zero attached hydrogens (tertiary/aromatic N) is 3. The molecule has 1 aliphatic carbocycles. The van der Waals surface area contributed by atoms with Crippen LogP contribution >= 0.6 is 0 Å². The SMILES string of the molecule is O=S(=O)(C1CC1)N1Cc2cccn2C[C@H](CCOc2ncccc2F)C1. The summed E-state index contributed by atoms with van der Waals surface area (Å²) in [5.74, 6) is -0.395. The average Bonchev–Trinajstić information content (AvgIpc) is 3.41. The summed E-state index contributed by atoms with van der Waals surface area (Å²) in [5, 5.41) is -0.219. The van der Waals surface area contributed by atoms with Crippen molar-refractivity contribution in [3.63, 3.8) is 0 Å². The van der Waals surface area contributed by atoms with Crippen LogP contribution in [0.5, 0.6) is 5.88 Å². The van der Waals surface area contributed by atoms with Crippen molar-refractivity contribution in [3.8, 4) is 5.88 Å². The van der Waals surface area contributed by atoms with Gasteiger partial charge >= 0.3 is 0 Å². The van der Waals surface area contributed by atoms with E-state index in [-0.39, 0.29) is 17.0 Å². The van der Waals surface area contributed by atoms with Gasteiger partial charge in [-0.25, -0.2) is 17.8 Å². The molecule has 1 saturated carbocycles. The molecule has 2 aromatic rings. The van der Waals surface area contributed by atoms with Crippen molar-refractivity contribution in [1.29, 1.82) is 0 Å². The number of hydrogen-bond donors (Lipinski definition) is 0. The lowest BCUT2D eigenvalue weighted by atomic mass is 10.1. The Balaban J connectivity index is 1.46. The lowest BCUT2D eigenvalue weighted by Gasteiger charge is -2.23. The summed E-state index contributed by atoms with van der Waals surface area (Å²) >= 11 is 0. The highest BCUT2D eigenvalue weighted by atomic mass is 32.2. The average molecular weight is 379 g/mol. The first kappa shape index (κ1) is 17.5. The maximum Gasteiger partial charge on any atom is 0.250 e. The molecule has 4 rings (SSSR count). The summed E-state index contributed by atoms with van der Waals surface area (Å²) < 4.78 is 48.3. The Hall–Kier alpha value is -1.93. The number of fused-ring (bicyclic) bond motifs is 1. The molecule has 3 heterocycles. The van der Waals surface area contributed by atoms with E-state index in [1.807, 2.05) is 18.3 Å². The number of rotatable bonds is 6. The van der Waals surface area contributed by atoms with Crippen molar-refractivity contribution in [2.75, 3.05) is 13.2 Å². The van der Waals surface area contributed by atoms with E-state index in [1.165, 1.54) is 18.3 Å². The van der Waals surface area contributed by atoms with Gasteiger partial charge in [-0.05, 0) is 49.4 Å². The second-order valence-corrected chi connectivity index (χ2v) is 9.20. The number of ether oxygens (including phenoxy) is 1. The van der Waals surface area contributed by atoms with Crippen LogP contribution in [0, 0.1) is 11.7 Å². The van der Waals surface area contributed by atoms with E-state index >= 15 is 0 Å². The highest BCUT2D eigenvalue weighted by molar-refractivity contribution is 7.90. The molecule has 1 aliphatic heterocycles. The maximum atomic E-state index is 13.6. The van der Waals surface area contributed by atoms with Gasteiger partial charge in [-0.3, -0.25) is 0 Å². The summed E-state index contributed by atoms with van der Waals surface area (Å²) in [6.45, 7) is 1.91. The fraction of sp³-hybridized carbons (Fsp3) is 0.500. The summed E-state index contributed by atoms with van der Waals surface area (Å²) in [7, 11) is -3.24. The van der Waals surface area contributed by atoms with Crippen molar-refractivity contribution < 1.29 is 17.5 Å². The Morgan fingerprint density at radius 1 is 1.23 bits per heavy atom. The Bertz CT molecular complexity index is 879. The predicted molar refractivity (Wildman–Crippen MR) is 94.6 cm³/mol. The molecule has 0 aromatic carbocycles. The van der Waals surface area contributed by atoms with E-state index in [0.29, 0.717) is 26.1 Å². The third-order valence-electron chi connectivity index (χ3n) is 4.97. The van der Waals surface area contributed by atoms with Crippen molar-refractivity contribution in [1.82, 2.24) is 13.9 Å². The third kappa shape index (κ3) is 3.61. The summed E-state index contributed by atoms with van der Waals surface area (Å²) in [4.78, 5) is 3.88. The molecule has 140 valence electrons. The standard InChI is InChI=1S/C18H22FN3O3S/c19-17-4-1-8-20-18(17)25-10-7-14-11-21-9-2-3-15(21)13-22(12-14)26(23,24)16-5-6-16/h1-4,8-9,14,16H,5-7,10-13H2/t14-/m0/s1. The van der Waals surface area contributed by atoms with E-state index in [2.05, 4.69) is 9.55 Å². The van der Waals surface area contributed by atoms with Crippen LogP contribution in [0.25, 0.3) is 0 Å². The zero-order valence-electron chi connectivity index (χ0n) is 14.4. The molecule has 0 unspecified atom stereocenters. The summed E-state index contributed by atoms with van der Waals surface area (Å²) in [6.07, 6.45) is 5.61. The Morgan fingerprint density at radius 3 is 2.85 bits per heavy atom. The van der Waals surface area contributed by atoms with Gasteiger partial charge in [0.25, 0.3) is 0 Å². The molecule has 2 aliphatic rings. The van der Waals surface area contributed by atoms with Crippen molar-refractivity contribution in [2.24, 2.45) is 5.92 Å². The van der Waals surface area contributed by atoms with Gasteiger partial charge in [0.15, 0.2) is 5.82 Å². The normalized spacial score (nSPS) is 21.2. The van der Waals surface area contributed by atoms with Gasteiger partial charge in [0, 0.05) is 31.2 Å². The summed E-state index contributed by atoms with van der Waals surface area (Å²) in [5.41, 5.74) is 1.01. The van der Waals surface area contributed by atoms with Crippen LogP contribution in [0.3, 0.4) is 0 Å². The van der Waals surface area contributed by atoms with E-state index in [1.54, 1.807) is 4.31 Å². The summed E-state index contributed by atoms with van der Waals surface area (Å²) in [6, 6.07) is 6.74. The molecule has 2 aromatic heterocycles. The molecule has 8 heteroatoms. The first-order valence-electron chi connectivity index (χ1n) is 8.90. The minimum absolute atomic E-state index is 0.00904. The molecule has 1 fully saturated rings. The lowest BCUT2D eigenvalue weighted by molar-refractivity contribution is 0.233. The van der Waals surface area contributed by atoms with Gasteiger partial charge in [-0.1, -0.05) is 0 Å². The number of sulfonamides is 1. The molecule has 0 saturated heterocycles. The van der Waals surface area contributed by atoms with E-state index in [0.717, 1.165) is 25.1 Å². The van der Waals surface area contributed by atoms with E-state index < -0.39 is 15.8 Å². The zero-order chi connectivity index (χ0) is 18.1. The molecular weight excluding hydrogens is 357 g/mol. The van der Waals surface area contributed by atoms with Crippen LogP contribution in [0.15, 0.2) is 36.7 Å².